The van der Waals surface area contributed by atoms with Crippen molar-refractivity contribution >= 4 is 11.6 Å². The number of nitrogens with one attached hydrogen (secondary N) is 1. The Morgan fingerprint density at radius 2 is 1.83 bits per heavy atom. The summed E-state index contributed by atoms with van der Waals surface area (Å²) >= 11 is 0. The number of hydrogen-bond acceptors (Lipinski definition) is 2. The van der Waals surface area contributed by atoms with E-state index in [1.165, 1.54) is 12.1 Å². The first-order chi connectivity index (χ1) is 10.8. The van der Waals surface area contributed by atoms with Crippen LogP contribution in [0.3, 0.4) is 0 Å². The number of halogens is 3. The monoisotopic (exact) mass is 323 g/mol. The molecule has 0 saturated heterocycles. The fraction of sp³-hybridized carbons (Fsp3) is 0.235. The first-order valence-electron chi connectivity index (χ1n) is 7.01. The van der Waals surface area contributed by atoms with Gasteiger partial charge < -0.3 is 10.1 Å². The Hall–Kier alpha value is -2.50. The molecule has 2 aromatic rings. The van der Waals surface area contributed by atoms with Gasteiger partial charge in [0, 0.05) is 5.69 Å². The van der Waals surface area contributed by atoms with Crippen LogP contribution in [0.1, 0.15) is 17.5 Å². The minimum atomic E-state index is -4.38. The highest BCUT2D eigenvalue weighted by Gasteiger charge is 2.29. The molecule has 122 valence electrons. The largest absolute Gasteiger partial charge is 0.493 e. The standard InChI is InChI=1S/C17H16F3NO2/c1-12-3-2-4-15(11-12)23-10-9-16(22)21-14-7-5-13(6-8-14)17(18,19)20/h2-8,11H,9-10H2,1H3,(H,21,22). The highest BCUT2D eigenvalue weighted by Crippen LogP contribution is 2.29. The molecule has 0 atom stereocenters. The molecule has 0 aliphatic heterocycles. The first-order valence-corrected chi connectivity index (χ1v) is 7.01. The molecule has 0 aliphatic rings. The van der Waals surface area contributed by atoms with E-state index in [0.717, 1.165) is 17.7 Å². The second-order valence-corrected chi connectivity index (χ2v) is 5.04. The highest BCUT2D eigenvalue weighted by molar-refractivity contribution is 5.90. The van der Waals surface area contributed by atoms with Crippen LogP contribution < -0.4 is 10.1 Å². The summed E-state index contributed by atoms with van der Waals surface area (Å²) in [5, 5.41) is 2.53. The summed E-state index contributed by atoms with van der Waals surface area (Å²) < 4.78 is 42.8. The molecule has 0 radical (unpaired) electrons. The summed E-state index contributed by atoms with van der Waals surface area (Å²) in [6.45, 7) is 2.13. The summed E-state index contributed by atoms with van der Waals surface area (Å²) in [5.41, 5.74) is 0.619. The number of alkyl halides is 3. The van der Waals surface area contributed by atoms with Crippen LogP contribution in [-0.4, -0.2) is 12.5 Å². The Morgan fingerprint density at radius 3 is 2.43 bits per heavy atom. The van der Waals surface area contributed by atoms with Gasteiger partial charge in [-0.2, -0.15) is 13.2 Å². The maximum atomic E-state index is 12.4. The van der Waals surface area contributed by atoms with Gasteiger partial charge in [0.25, 0.3) is 0 Å². The fourth-order valence-corrected chi connectivity index (χ4v) is 1.93. The van der Waals surface area contributed by atoms with Crippen LogP contribution in [0.2, 0.25) is 0 Å². The topological polar surface area (TPSA) is 38.3 Å². The lowest BCUT2D eigenvalue weighted by molar-refractivity contribution is -0.137. The average molecular weight is 323 g/mol. The predicted octanol–water partition coefficient (Wildman–Crippen LogP) is 4.42. The quantitative estimate of drug-likeness (QED) is 0.884. The van der Waals surface area contributed by atoms with Gasteiger partial charge in [0.1, 0.15) is 5.75 Å². The minimum Gasteiger partial charge on any atom is -0.493 e. The molecule has 0 aromatic heterocycles. The van der Waals surface area contributed by atoms with Crippen LogP contribution in [0.5, 0.6) is 5.75 Å². The summed E-state index contributed by atoms with van der Waals surface area (Å²) in [7, 11) is 0. The van der Waals surface area contributed by atoms with Crippen molar-refractivity contribution in [3.63, 3.8) is 0 Å². The number of ether oxygens (including phenoxy) is 1. The highest BCUT2D eigenvalue weighted by atomic mass is 19.4. The smallest absolute Gasteiger partial charge is 0.416 e. The van der Waals surface area contributed by atoms with Gasteiger partial charge in [-0.05, 0) is 48.9 Å². The number of amides is 1. The van der Waals surface area contributed by atoms with E-state index in [4.69, 9.17) is 4.74 Å². The number of rotatable bonds is 5. The van der Waals surface area contributed by atoms with Gasteiger partial charge in [-0.15, -0.1) is 0 Å². The molecule has 0 fully saturated rings. The molecule has 0 aliphatic carbocycles. The molecule has 0 bridgehead atoms. The van der Waals surface area contributed by atoms with Crippen molar-refractivity contribution in [1.29, 1.82) is 0 Å². The van der Waals surface area contributed by atoms with E-state index in [1.54, 1.807) is 6.07 Å². The molecule has 6 heteroatoms. The number of hydrogen-bond donors (Lipinski definition) is 1. The number of carbonyl (C=O) groups is 1. The van der Waals surface area contributed by atoms with Gasteiger partial charge in [0.2, 0.25) is 5.91 Å². The van der Waals surface area contributed by atoms with Gasteiger partial charge in [-0.3, -0.25) is 4.79 Å². The molecule has 2 aromatic carbocycles. The Bertz CT molecular complexity index is 666. The fourth-order valence-electron chi connectivity index (χ4n) is 1.93. The summed E-state index contributed by atoms with van der Waals surface area (Å²) in [6.07, 6.45) is -4.28. The van der Waals surface area contributed by atoms with Crippen molar-refractivity contribution in [2.24, 2.45) is 0 Å². The maximum Gasteiger partial charge on any atom is 0.416 e. The van der Waals surface area contributed by atoms with E-state index in [0.29, 0.717) is 11.4 Å². The van der Waals surface area contributed by atoms with Crippen LogP contribution in [0, 0.1) is 6.92 Å². The first kappa shape index (κ1) is 16.9. The van der Waals surface area contributed by atoms with Crippen LogP contribution in [0.4, 0.5) is 18.9 Å². The SMILES string of the molecule is Cc1cccc(OCCC(=O)Nc2ccc(C(F)(F)F)cc2)c1. The van der Waals surface area contributed by atoms with E-state index in [2.05, 4.69) is 5.32 Å². The zero-order valence-electron chi connectivity index (χ0n) is 12.5. The van der Waals surface area contributed by atoms with Crippen molar-refractivity contribution in [1.82, 2.24) is 0 Å². The summed E-state index contributed by atoms with van der Waals surface area (Å²) in [4.78, 5) is 11.7. The van der Waals surface area contributed by atoms with Crippen LogP contribution in [0.25, 0.3) is 0 Å². The van der Waals surface area contributed by atoms with E-state index in [-0.39, 0.29) is 18.9 Å². The van der Waals surface area contributed by atoms with Crippen molar-refractivity contribution in [3.05, 3.63) is 59.7 Å². The van der Waals surface area contributed by atoms with Crippen molar-refractivity contribution < 1.29 is 22.7 Å². The Morgan fingerprint density at radius 1 is 1.13 bits per heavy atom. The summed E-state index contributed by atoms with van der Waals surface area (Å²) in [5.74, 6) is 0.352. The summed E-state index contributed by atoms with van der Waals surface area (Å²) in [6, 6.07) is 11.7. The predicted molar refractivity (Wildman–Crippen MR) is 81.4 cm³/mol. The van der Waals surface area contributed by atoms with Crippen LogP contribution in [0.15, 0.2) is 48.5 Å². The molecular weight excluding hydrogens is 307 g/mol. The van der Waals surface area contributed by atoms with Crippen molar-refractivity contribution in [3.8, 4) is 5.75 Å². The van der Waals surface area contributed by atoms with Crippen molar-refractivity contribution in [2.45, 2.75) is 19.5 Å². The number of aryl methyl sites for hydroxylation is 1. The normalized spacial score (nSPS) is 11.1. The third-order valence-corrected chi connectivity index (χ3v) is 3.08. The van der Waals surface area contributed by atoms with Crippen LogP contribution in [-0.2, 0) is 11.0 Å². The van der Waals surface area contributed by atoms with E-state index >= 15 is 0 Å². The maximum absolute atomic E-state index is 12.4. The lowest BCUT2D eigenvalue weighted by Gasteiger charge is -2.09. The van der Waals surface area contributed by atoms with E-state index in [1.807, 2.05) is 25.1 Å². The Kier molecular flexibility index (Phi) is 5.26. The zero-order chi connectivity index (χ0) is 16.9. The molecular formula is C17H16F3NO2. The number of benzene rings is 2. The zero-order valence-corrected chi connectivity index (χ0v) is 12.5. The third-order valence-electron chi connectivity index (χ3n) is 3.08. The Labute approximate surface area is 132 Å². The van der Waals surface area contributed by atoms with Crippen LogP contribution >= 0.6 is 0 Å². The minimum absolute atomic E-state index is 0.106. The number of carbonyl (C=O) groups excluding carboxylic acids is 1. The van der Waals surface area contributed by atoms with E-state index in [9.17, 15) is 18.0 Å². The average Bonchev–Trinajstić information content (AvgIpc) is 2.47. The lowest BCUT2D eigenvalue weighted by Crippen LogP contribution is -2.15. The second kappa shape index (κ2) is 7.17. The lowest BCUT2D eigenvalue weighted by atomic mass is 10.2. The molecule has 0 unspecified atom stereocenters. The third kappa shape index (κ3) is 5.32. The van der Waals surface area contributed by atoms with Gasteiger partial charge in [-0.25, -0.2) is 0 Å². The van der Waals surface area contributed by atoms with Gasteiger partial charge in [0.15, 0.2) is 0 Å². The molecule has 1 amide bonds. The van der Waals surface area contributed by atoms with Crippen molar-refractivity contribution in [2.75, 3.05) is 11.9 Å². The molecule has 3 nitrogen and oxygen atoms in total. The molecule has 0 heterocycles. The Balaban J connectivity index is 1.80. The molecule has 0 spiro atoms. The van der Waals surface area contributed by atoms with Gasteiger partial charge >= 0.3 is 6.18 Å². The second-order valence-electron chi connectivity index (χ2n) is 5.04. The van der Waals surface area contributed by atoms with Gasteiger partial charge in [0.05, 0.1) is 18.6 Å². The molecule has 2 rings (SSSR count). The molecule has 23 heavy (non-hydrogen) atoms. The van der Waals surface area contributed by atoms with Gasteiger partial charge in [-0.1, -0.05) is 12.1 Å². The molecule has 1 N–H and O–H groups in total. The molecule has 0 saturated carbocycles. The van der Waals surface area contributed by atoms with E-state index < -0.39 is 11.7 Å². The number of anilines is 1.